The van der Waals surface area contributed by atoms with Crippen LogP contribution in [0.15, 0.2) is 53.3 Å². The predicted molar refractivity (Wildman–Crippen MR) is 154 cm³/mol. The summed E-state index contributed by atoms with van der Waals surface area (Å²) in [4.78, 5) is 42.9. The smallest absolute Gasteiger partial charge is 0.335 e. The molecule has 4 rings (SSSR count). The van der Waals surface area contributed by atoms with E-state index < -0.39 is 5.97 Å². The van der Waals surface area contributed by atoms with Crippen molar-refractivity contribution in [1.82, 2.24) is 4.98 Å². The molecule has 0 amide bonds. The summed E-state index contributed by atoms with van der Waals surface area (Å²) in [6.07, 6.45) is 4.18. The van der Waals surface area contributed by atoms with Crippen molar-refractivity contribution in [1.29, 1.82) is 0 Å². The third kappa shape index (κ3) is 6.84. The Kier molecular flexibility index (Phi) is 9.36. The summed E-state index contributed by atoms with van der Waals surface area (Å²) in [7, 11) is 0. The monoisotopic (exact) mass is 530 g/mol. The molecule has 2 aromatic carbocycles. The first-order valence-electron chi connectivity index (χ1n) is 13.9. The van der Waals surface area contributed by atoms with E-state index in [2.05, 4.69) is 29.8 Å². The number of H-pyrrole nitrogens is 1. The highest BCUT2D eigenvalue weighted by Crippen LogP contribution is 2.31. The summed E-state index contributed by atoms with van der Waals surface area (Å²) in [5, 5.41) is 9.31. The van der Waals surface area contributed by atoms with Crippen LogP contribution in [0.3, 0.4) is 0 Å². The molecule has 1 fully saturated rings. The number of hydrogen-bond acceptors (Lipinski definition) is 5. The molecule has 1 aliphatic rings. The SMILES string of the molecule is CCCc1cc(C)[nH]c(=O)c1CCC(=O)c1cc(-c2ccc(C(=O)O)cc2)cc(N(CC)C2CCOCC2)c1. The summed E-state index contributed by atoms with van der Waals surface area (Å²) < 4.78 is 5.58. The van der Waals surface area contributed by atoms with Crippen molar-refractivity contribution in [3.8, 4) is 11.1 Å². The summed E-state index contributed by atoms with van der Waals surface area (Å²) in [6, 6.07) is 15.0. The molecule has 1 aliphatic heterocycles. The molecule has 2 N–H and O–H groups in total. The number of nitrogens with zero attached hydrogens (tertiary/aromatic N) is 1. The van der Waals surface area contributed by atoms with Gasteiger partial charge in [0.2, 0.25) is 0 Å². The fourth-order valence-electron chi connectivity index (χ4n) is 5.49. The van der Waals surface area contributed by atoms with Gasteiger partial charge in [0, 0.05) is 54.7 Å². The van der Waals surface area contributed by atoms with Gasteiger partial charge in [-0.15, -0.1) is 0 Å². The molecule has 0 bridgehead atoms. The van der Waals surface area contributed by atoms with Crippen molar-refractivity contribution in [2.45, 2.75) is 65.3 Å². The number of aromatic carboxylic acids is 1. The van der Waals surface area contributed by atoms with Crippen LogP contribution in [-0.4, -0.2) is 47.6 Å². The van der Waals surface area contributed by atoms with E-state index in [1.165, 1.54) is 0 Å². The Morgan fingerprint density at radius 1 is 0.974 bits per heavy atom. The Morgan fingerprint density at radius 3 is 2.33 bits per heavy atom. The summed E-state index contributed by atoms with van der Waals surface area (Å²) in [5.74, 6) is -0.998. The lowest BCUT2D eigenvalue weighted by Crippen LogP contribution is -2.39. The lowest BCUT2D eigenvalue weighted by atomic mass is 9.94. The summed E-state index contributed by atoms with van der Waals surface area (Å²) in [5.41, 5.74) is 5.90. The van der Waals surface area contributed by atoms with Gasteiger partial charge in [0.1, 0.15) is 0 Å². The molecule has 2 heterocycles. The van der Waals surface area contributed by atoms with Crippen LogP contribution in [0.4, 0.5) is 5.69 Å². The van der Waals surface area contributed by atoms with E-state index in [1.54, 1.807) is 24.3 Å². The normalized spacial score (nSPS) is 13.8. The van der Waals surface area contributed by atoms with Crippen LogP contribution in [0.25, 0.3) is 11.1 Å². The highest BCUT2D eigenvalue weighted by molar-refractivity contribution is 5.98. The Bertz CT molecular complexity index is 1370. The minimum Gasteiger partial charge on any atom is -0.478 e. The van der Waals surface area contributed by atoms with Crippen LogP contribution in [0.2, 0.25) is 0 Å². The number of carbonyl (C=O) groups is 2. The second-order valence-corrected chi connectivity index (χ2v) is 10.2. The zero-order valence-corrected chi connectivity index (χ0v) is 23.1. The molecule has 39 heavy (non-hydrogen) atoms. The summed E-state index contributed by atoms with van der Waals surface area (Å²) >= 11 is 0. The maximum atomic E-state index is 13.6. The molecule has 0 unspecified atom stereocenters. The van der Waals surface area contributed by atoms with E-state index in [-0.39, 0.29) is 23.3 Å². The van der Waals surface area contributed by atoms with Crippen molar-refractivity contribution >= 4 is 17.4 Å². The number of hydrogen-bond donors (Lipinski definition) is 2. The number of nitrogens with one attached hydrogen (secondary N) is 1. The van der Waals surface area contributed by atoms with Gasteiger partial charge >= 0.3 is 5.97 Å². The van der Waals surface area contributed by atoms with E-state index in [9.17, 15) is 19.5 Å². The van der Waals surface area contributed by atoms with Gasteiger partial charge in [-0.3, -0.25) is 9.59 Å². The molecular formula is C32H38N2O5. The molecule has 0 aliphatic carbocycles. The van der Waals surface area contributed by atoms with Gasteiger partial charge in [0.05, 0.1) is 5.56 Å². The number of ketones is 1. The highest BCUT2D eigenvalue weighted by Gasteiger charge is 2.23. The number of anilines is 1. The Hall–Kier alpha value is -3.71. The number of carbonyl (C=O) groups excluding carboxylic acids is 1. The molecule has 7 heteroatoms. The van der Waals surface area contributed by atoms with E-state index >= 15 is 0 Å². The number of Topliss-reactive ketones (excluding diaryl/α,β-unsaturated/α-hetero) is 1. The molecule has 0 saturated carbocycles. The molecule has 3 aromatic rings. The zero-order valence-electron chi connectivity index (χ0n) is 23.1. The third-order valence-electron chi connectivity index (χ3n) is 7.49. The van der Waals surface area contributed by atoms with Crippen LogP contribution in [0.5, 0.6) is 0 Å². The molecule has 1 saturated heterocycles. The van der Waals surface area contributed by atoms with Gasteiger partial charge in [0.15, 0.2) is 5.78 Å². The quantitative estimate of drug-likeness (QED) is 0.303. The number of aryl methyl sites for hydroxylation is 2. The molecule has 206 valence electrons. The van der Waals surface area contributed by atoms with Crippen LogP contribution in [-0.2, 0) is 17.6 Å². The fraction of sp³-hybridized carbons (Fsp3) is 0.406. The maximum absolute atomic E-state index is 13.6. The molecule has 1 aromatic heterocycles. The van der Waals surface area contributed by atoms with Crippen molar-refractivity contribution in [3.63, 3.8) is 0 Å². The molecule has 0 spiro atoms. The van der Waals surface area contributed by atoms with Crippen molar-refractivity contribution in [2.75, 3.05) is 24.7 Å². The highest BCUT2D eigenvalue weighted by atomic mass is 16.5. The van der Waals surface area contributed by atoms with Crippen molar-refractivity contribution in [2.24, 2.45) is 0 Å². The van der Waals surface area contributed by atoms with Crippen LogP contribution in [0.1, 0.15) is 77.1 Å². The van der Waals surface area contributed by atoms with E-state index in [0.717, 1.165) is 60.3 Å². The van der Waals surface area contributed by atoms with E-state index in [1.807, 2.05) is 25.1 Å². The molecular weight excluding hydrogens is 492 g/mol. The second-order valence-electron chi connectivity index (χ2n) is 10.2. The standard InChI is InChI=1S/C32H38N2O5/c1-4-6-24-17-21(3)33-31(36)29(24)11-12-30(35)26-18-25(22-7-9-23(10-8-22)32(37)38)19-28(20-26)34(5-2)27-13-15-39-16-14-27/h7-10,17-20,27H,4-6,11-16H2,1-3H3,(H,33,36)(H,37,38). The Balaban J connectivity index is 1.69. The second kappa shape index (κ2) is 12.9. The van der Waals surface area contributed by atoms with Gasteiger partial charge in [-0.2, -0.15) is 0 Å². The lowest BCUT2D eigenvalue weighted by Gasteiger charge is -2.35. The van der Waals surface area contributed by atoms with Crippen molar-refractivity contribution < 1.29 is 19.4 Å². The van der Waals surface area contributed by atoms with Gasteiger partial charge < -0.3 is 19.7 Å². The van der Waals surface area contributed by atoms with Gasteiger partial charge in [-0.1, -0.05) is 25.5 Å². The number of carboxylic acids is 1. The predicted octanol–water partition coefficient (Wildman–Crippen LogP) is 5.82. The average Bonchev–Trinajstić information content (AvgIpc) is 2.93. The number of ether oxygens (including phenoxy) is 1. The van der Waals surface area contributed by atoms with Gasteiger partial charge in [-0.25, -0.2) is 4.79 Å². The van der Waals surface area contributed by atoms with E-state index in [0.29, 0.717) is 36.8 Å². The third-order valence-corrected chi connectivity index (χ3v) is 7.49. The summed E-state index contributed by atoms with van der Waals surface area (Å²) in [6.45, 7) is 8.30. The first-order valence-corrected chi connectivity index (χ1v) is 13.9. The van der Waals surface area contributed by atoms with Crippen LogP contribution in [0, 0.1) is 6.92 Å². The topological polar surface area (TPSA) is 99.7 Å². The van der Waals surface area contributed by atoms with Crippen LogP contribution >= 0.6 is 0 Å². The van der Waals surface area contributed by atoms with Gasteiger partial charge in [-0.05, 0) is 92.6 Å². The molecule has 7 nitrogen and oxygen atoms in total. The molecule has 0 atom stereocenters. The largest absolute Gasteiger partial charge is 0.478 e. The number of aromatic amines is 1. The first kappa shape index (κ1) is 28.3. The number of benzene rings is 2. The van der Waals surface area contributed by atoms with Crippen molar-refractivity contribution in [3.05, 3.63) is 86.8 Å². The zero-order chi connectivity index (χ0) is 27.9. The number of pyridine rings is 1. The lowest BCUT2D eigenvalue weighted by molar-refractivity contribution is 0.0696. The fourth-order valence-corrected chi connectivity index (χ4v) is 5.49. The average molecular weight is 531 g/mol. The molecule has 0 radical (unpaired) electrons. The minimum absolute atomic E-state index is 0.0225. The Labute approximate surface area is 229 Å². The van der Waals surface area contributed by atoms with Crippen LogP contribution < -0.4 is 10.5 Å². The Morgan fingerprint density at radius 2 is 1.69 bits per heavy atom. The number of rotatable bonds is 11. The minimum atomic E-state index is -0.976. The number of carboxylic acid groups (broad SMARTS) is 1. The van der Waals surface area contributed by atoms with E-state index in [4.69, 9.17) is 4.74 Å². The maximum Gasteiger partial charge on any atom is 0.335 e. The van der Waals surface area contributed by atoms with Gasteiger partial charge in [0.25, 0.3) is 5.56 Å². The number of aromatic nitrogens is 1. The first-order chi connectivity index (χ1) is 18.8.